The minimum absolute atomic E-state index is 0.00101. The molecule has 0 bridgehead atoms. The van der Waals surface area contributed by atoms with Gasteiger partial charge in [0.25, 0.3) is 5.91 Å². The molecule has 0 heterocycles. The van der Waals surface area contributed by atoms with Crippen LogP contribution >= 0.6 is 0 Å². The van der Waals surface area contributed by atoms with E-state index in [1.54, 1.807) is 19.1 Å². The van der Waals surface area contributed by atoms with Gasteiger partial charge in [0.15, 0.2) is 0 Å². The Hall–Kier alpha value is -1.40. The van der Waals surface area contributed by atoms with Crippen molar-refractivity contribution in [1.82, 2.24) is 5.32 Å². The topological polar surface area (TPSA) is 89.3 Å². The number of nitrogens with one attached hydrogen (secondary N) is 1. The molecular formula is C13H18N2O3S. The van der Waals surface area contributed by atoms with Gasteiger partial charge in [0, 0.05) is 11.1 Å². The van der Waals surface area contributed by atoms with Crippen molar-refractivity contribution in [2.75, 3.05) is 0 Å². The molecule has 0 saturated heterocycles. The van der Waals surface area contributed by atoms with E-state index in [0.29, 0.717) is 11.1 Å². The Morgan fingerprint density at radius 2 is 2.00 bits per heavy atom. The van der Waals surface area contributed by atoms with Gasteiger partial charge in [-0.1, -0.05) is 6.07 Å². The van der Waals surface area contributed by atoms with Crippen molar-refractivity contribution in [2.45, 2.75) is 43.5 Å². The molecule has 0 aromatic heterocycles. The monoisotopic (exact) mass is 282 g/mol. The number of amides is 1. The molecule has 1 aromatic carbocycles. The molecule has 19 heavy (non-hydrogen) atoms. The SMILES string of the molecule is Cc1ccc(C(=O)NC2(C)CCC2)cc1S(N)(=O)=O. The second-order valence-corrected chi connectivity index (χ2v) is 6.92. The van der Waals surface area contributed by atoms with Gasteiger partial charge >= 0.3 is 0 Å². The van der Waals surface area contributed by atoms with Crippen LogP contribution in [-0.4, -0.2) is 19.9 Å². The molecule has 0 radical (unpaired) electrons. The predicted octanol–water partition coefficient (Wildman–Crippen LogP) is 1.31. The molecule has 0 unspecified atom stereocenters. The van der Waals surface area contributed by atoms with Crippen molar-refractivity contribution in [2.24, 2.45) is 5.14 Å². The van der Waals surface area contributed by atoms with Crippen LogP contribution in [0, 0.1) is 6.92 Å². The van der Waals surface area contributed by atoms with Gasteiger partial charge in [-0.2, -0.15) is 0 Å². The molecule has 1 aromatic rings. The highest BCUT2D eigenvalue weighted by Gasteiger charge is 2.33. The highest BCUT2D eigenvalue weighted by molar-refractivity contribution is 7.89. The van der Waals surface area contributed by atoms with Gasteiger partial charge in [0.1, 0.15) is 0 Å². The molecule has 6 heteroatoms. The van der Waals surface area contributed by atoms with Crippen LogP contribution in [0.5, 0.6) is 0 Å². The summed E-state index contributed by atoms with van der Waals surface area (Å²) in [7, 11) is -3.80. The highest BCUT2D eigenvalue weighted by Crippen LogP contribution is 2.31. The zero-order chi connectivity index (χ0) is 14.3. The van der Waals surface area contributed by atoms with Crippen molar-refractivity contribution < 1.29 is 13.2 Å². The van der Waals surface area contributed by atoms with E-state index in [4.69, 9.17) is 5.14 Å². The Morgan fingerprint density at radius 3 is 2.47 bits per heavy atom. The first-order valence-corrected chi connectivity index (χ1v) is 7.72. The third-order valence-electron chi connectivity index (χ3n) is 3.63. The van der Waals surface area contributed by atoms with Gasteiger partial charge in [-0.3, -0.25) is 4.79 Å². The lowest BCUT2D eigenvalue weighted by Crippen LogP contribution is -2.50. The third-order valence-corrected chi connectivity index (χ3v) is 4.68. The zero-order valence-electron chi connectivity index (χ0n) is 11.1. The number of primary sulfonamides is 1. The van der Waals surface area contributed by atoms with Crippen LogP contribution in [0.2, 0.25) is 0 Å². The lowest BCUT2D eigenvalue weighted by molar-refractivity contribution is 0.0850. The van der Waals surface area contributed by atoms with Crippen LogP contribution in [0.3, 0.4) is 0 Å². The first-order chi connectivity index (χ1) is 8.71. The molecule has 0 aliphatic heterocycles. The molecule has 5 nitrogen and oxygen atoms in total. The Morgan fingerprint density at radius 1 is 1.37 bits per heavy atom. The summed E-state index contributed by atoms with van der Waals surface area (Å²) in [5, 5.41) is 8.06. The molecule has 104 valence electrons. The summed E-state index contributed by atoms with van der Waals surface area (Å²) in [5.74, 6) is -0.257. The lowest BCUT2D eigenvalue weighted by Gasteiger charge is -2.39. The highest BCUT2D eigenvalue weighted by atomic mass is 32.2. The van der Waals surface area contributed by atoms with E-state index < -0.39 is 10.0 Å². The van der Waals surface area contributed by atoms with Gasteiger partial charge in [-0.15, -0.1) is 0 Å². The fourth-order valence-electron chi connectivity index (χ4n) is 2.23. The summed E-state index contributed by atoms with van der Waals surface area (Å²) in [6, 6.07) is 4.54. The van der Waals surface area contributed by atoms with Gasteiger partial charge in [-0.25, -0.2) is 13.6 Å². The zero-order valence-corrected chi connectivity index (χ0v) is 11.9. The predicted molar refractivity (Wildman–Crippen MR) is 72.3 cm³/mol. The number of carbonyl (C=O) groups excluding carboxylic acids is 1. The largest absolute Gasteiger partial charge is 0.347 e. The number of sulfonamides is 1. The van der Waals surface area contributed by atoms with Crippen LogP contribution in [-0.2, 0) is 10.0 Å². The summed E-state index contributed by atoms with van der Waals surface area (Å²) in [5.41, 5.74) is 0.695. The Labute approximate surface area is 113 Å². The van der Waals surface area contributed by atoms with Crippen LogP contribution < -0.4 is 10.5 Å². The lowest BCUT2D eigenvalue weighted by atomic mass is 9.78. The van der Waals surface area contributed by atoms with Crippen LogP contribution in [0.4, 0.5) is 0 Å². The second kappa shape index (κ2) is 4.61. The maximum atomic E-state index is 12.1. The average Bonchev–Trinajstić information content (AvgIpc) is 2.25. The van der Waals surface area contributed by atoms with Crippen molar-refractivity contribution >= 4 is 15.9 Å². The first-order valence-electron chi connectivity index (χ1n) is 6.17. The number of carbonyl (C=O) groups is 1. The minimum atomic E-state index is -3.80. The van der Waals surface area contributed by atoms with E-state index in [1.165, 1.54) is 6.07 Å². The number of hydrogen-bond donors (Lipinski definition) is 2. The van der Waals surface area contributed by atoms with E-state index >= 15 is 0 Å². The molecule has 2 rings (SSSR count). The van der Waals surface area contributed by atoms with Gasteiger partial charge in [0.2, 0.25) is 10.0 Å². The van der Waals surface area contributed by atoms with Gasteiger partial charge in [0.05, 0.1) is 4.90 Å². The third kappa shape index (κ3) is 2.96. The van der Waals surface area contributed by atoms with Crippen LogP contribution in [0.15, 0.2) is 23.1 Å². The summed E-state index contributed by atoms with van der Waals surface area (Å²) < 4.78 is 22.9. The molecule has 1 aliphatic rings. The van der Waals surface area contributed by atoms with E-state index in [0.717, 1.165) is 19.3 Å². The molecule has 1 saturated carbocycles. The molecule has 3 N–H and O–H groups in total. The van der Waals surface area contributed by atoms with E-state index in [-0.39, 0.29) is 16.3 Å². The molecule has 1 aliphatic carbocycles. The number of benzene rings is 1. The quantitative estimate of drug-likeness (QED) is 0.876. The van der Waals surface area contributed by atoms with Gasteiger partial charge < -0.3 is 5.32 Å². The van der Waals surface area contributed by atoms with Crippen molar-refractivity contribution in [3.63, 3.8) is 0 Å². The summed E-state index contributed by atoms with van der Waals surface area (Å²) in [6.45, 7) is 3.64. The second-order valence-electron chi connectivity index (χ2n) is 5.39. The van der Waals surface area contributed by atoms with E-state index in [9.17, 15) is 13.2 Å². The van der Waals surface area contributed by atoms with Crippen LogP contribution in [0.25, 0.3) is 0 Å². The maximum Gasteiger partial charge on any atom is 0.251 e. The first kappa shape index (κ1) is 14.0. The standard InChI is InChI=1S/C13H18N2O3S/c1-9-4-5-10(8-11(9)19(14,17)18)12(16)15-13(2)6-3-7-13/h4-5,8H,3,6-7H2,1-2H3,(H,15,16)(H2,14,17,18). The van der Waals surface area contributed by atoms with Crippen molar-refractivity contribution in [3.05, 3.63) is 29.3 Å². The molecule has 0 atom stereocenters. The normalized spacial score (nSPS) is 17.6. The summed E-state index contributed by atoms with van der Waals surface area (Å²) >= 11 is 0. The summed E-state index contributed by atoms with van der Waals surface area (Å²) in [4.78, 5) is 12.1. The van der Waals surface area contributed by atoms with E-state index in [2.05, 4.69) is 5.32 Å². The van der Waals surface area contributed by atoms with Gasteiger partial charge in [-0.05, 0) is 50.8 Å². The minimum Gasteiger partial charge on any atom is -0.347 e. The average molecular weight is 282 g/mol. The van der Waals surface area contributed by atoms with Crippen molar-refractivity contribution in [1.29, 1.82) is 0 Å². The smallest absolute Gasteiger partial charge is 0.251 e. The molecular weight excluding hydrogens is 264 g/mol. The Bertz CT molecular complexity index is 619. The number of rotatable bonds is 3. The number of nitrogens with two attached hydrogens (primary N) is 1. The van der Waals surface area contributed by atoms with Crippen LogP contribution in [0.1, 0.15) is 42.1 Å². The number of hydrogen-bond acceptors (Lipinski definition) is 3. The number of aryl methyl sites for hydroxylation is 1. The molecule has 0 spiro atoms. The Kier molecular flexibility index (Phi) is 3.40. The molecule has 1 fully saturated rings. The Balaban J connectivity index is 2.28. The fourth-order valence-corrected chi connectivity index (χ4v) is 3.03. The van der Waals surface area contributed by atoms with E-state index in [1.807, 2.05) is 6.92 Å². The summed E-state index contributed by atoms with van der Waals surface area (Å²) in [6.07, 6.45) is 3.01. The fraction of sp³-hybridized carbons (Fsp3) is 0.462. The van der Waals surface area contributed by atoms with Crippen molar-refractivity contribution in [3.8, 4) is 0 Å². The maximum absolute atomic E-state index is 12.1. The molecule has 1 amide bonds.